The zero-order valence-electron chi connectivity index (χ0n) is 9.45. The van der Waals surface area contributed by atoms with Crippen LogP contribution in [-0.2, 0) is 0 Å². The van der Waals surface area contributed by atoms with Crippen LogP contribution in [0, 0.1) is 17.1 Å². The van der Waals surface area contributed by atoms with Gasteiger partial charge >= 0.3 is 0 Å². The van der Waals surface area contributed by atoms with E-state index in [0.29, 0.717) is 12.8 Å². The third kappa shape index (κ3) is 2.56. The third-order valence-corrected chi connectivity index (χ3v) is 3.12. The largest absolute Gasteiger partial charge is 0.489 e. The van der Waals surface area contributed by atoms with Crippen molar-refractivity contribution in [2.24, 2.45) is 0 Å². The van der Waals surface area contributed by atoms with Crippen LogP contribution in [0.25, 0.3) is 0 Å². The lowest BCUT2D eigenvalue weighted by molar-refractivity contribution is 0.00123. The van der Waals surface area contributed by atoms with Gasteiger partial charge in [-0.3, -0.25) is 0 Å². The quantitative estimate of drug-likeness (QED) is 0.875. The molecule has 0 spiro atoms. The minimum atomic E-state index is -0.820. The minimum Gasteiger partial charge on any atom is -0.489 e. The van der Waals surface area contributed by atoms with Gasteiger partial charge in [0.25, 0.3) is 0 Å². The molecular weight excluding hydrogens is 221 g/mol. The van der Waals surface area contributed by atoms with E-state index in [1.165, 1.54) is 12.1 Å². The molecule has 0 unspecified atom stereocenters. The molecule has 0 amide bonds. The summed E-state index contributed by atoms with van der Waals surface area (Å²) in [6.45, 7) is 0.116. The Kier molecular flexibility index (Phi) is 3.30. The molecule has 1 N–H and O–H groups in total. The monoisotopic (exact) mass is 235 g/mol. The third-order valence-electron chi connectivity index (χ3n) is 3.12. The summed E-state index contributed by atoms with van der Waals surface area (Å²) in [5.74, 6) is -0.392. The molecule has 0 radical (unpaired) electrons. The molecule has 0 aromatic heterocycles. The minimum absolute atomic E-state index is 0.103. The number of nitrogens with zero attached hydrogens (tertiary/aromatic N) is 1. The molecule has 3 nitrogen and oxygen atoms in total. The lowest BCUT2D eigenvalue weighted by atomic mass is 10.0. The Morgan fingerprint density at radius 1 is 1.41 bits per heavy atom. The van der Waals surface area contributed by atoms with Crippen LogP contribution in [0.1, 0.15) is 31.2 Å². The number of benzene rings is 1. The van der Waals surface area contributed by atoms with Crippen molar-refractivity contribution in [2.75, 3.05) is 6.61 Å². The van der Waals surface area contributed by atoms with E-state index >= 15 is 0 Å². The first kappa shape index (κ1) is 11.9. The highest BCUT2D eigenvalue weighted by atomic mass is 19.1. The Labute approximate surface area is 99.4 Å². The van der Waals surface area contributed by atoms with Crippen molar-refractivity contribution in [3.05, 3.63) is 29.6 Å². The van der Waals surface area contributed by atoms with E-state index in [1.807, 2.05) is 0 Å². The molecule has 0 bridgehead atoms. The number of hydrogen-bond donors (Lipinski definition) is 1. The number of nitriles is 1. The van der Waals surface area contributed by atoms with Crippen molar-refractivity contribution < 1.29 is 14.2 Å². The van der Waals surface area contributed by atoms with Crippen LogP contribution in [0.4, 0.5) is 4.39 Å². The van der Waals surface area contributed by atoms with Crippen LogP contribution in [0.3, 0.4) is 0 Å². The Balaban J connectivity index is 2.09. The number of hydrogen-bond acceptors (Lipinski definition) is 3. The van der Waals surface area contributed by atoms with Gasteiger partial charge in [0, 0.05) is 0 Å². The molecule has 1 saturated carbocycles. The first-order valence-electron chi connectivity index (χ1n) is 5.68. The van der Waals surface area contributed by atoms with Crippen molar-refractivity contribution in [3.8, 4) is 11.8 Å². The Morgan fingerprint density at radius 2 is 2.12 bits per heavy atom. The smallest absolute Gasteiger partial charge is 0.144 e. The first-order chi connectivity index (χ1) is 8.14. The predicted octanol–water partition coefficient (Wildman–Crippen LogP) is 2.38. The van der Waals surface area contributed by atoms with Crippen molar-refractivity contribution in [1.29, 1.82) is 5.26 Å². The maximum atomic E-state index is 13.3. The molecular formula is C13H14FNO2. The van der Waals surface area contributed by atoms with Crippen LogP contribution in [0.5, 0.6) is 5.75 Å². The van der Waals surface area contributed by atoms with Crippen LogP contribution < -0.4 is 4.74 Å². The molecule has 2 rings (SSSR count). The van der Waals surface area contributed by atoms with Crippen LogP contribution in [0.15, 0.2) is 18.2 Å². The van der Waals surface area contributed by atoms with E-state index in [-0.39, 0.29) is 17.9 Å². The Hall–Kier alpha value is -1.60. The standard InChI is InChI=1S/C13H14FNO2/c14-11-4-3-5-12(10(11)8-15)17-9-13(16)6-1-2-7-13/h3-5,16H,1-2,6-7,9H2. The van der Waals surface area contributed by atoms with E-state index in [4.69, 9.17) is 10.00 Å². The first-order valence-corrected chi connectivity index (χ1v) is 5.68. The van der Waals surface area contributed by atoms with Crippen LogP contribution in [-0.4, -0.2) is 17.3 Å². The summed E-state index contributed by atoms with van der Waals surface area (Å²) in [7, 11) is 0. The molecule has 1 aliphatic rings. The molecule has 0 saturated heterocycles. The zero-order chi connectivity index (χ0) is 12.3. The summed E-state index contributed by atoms with van der Waals surface area (Å²) in [5, 5.41) is 18.9. The van der Waals surface area contributed by atoms with E-state index in [2.05, 4.69) is 0 Å². The number of rotatable bonds is 3. The fourth-order valence-electron chi connectivity index (χ4n) is 2.12. The second-order valence-corrected chi connectivity index (χ2v) is 4.44. The highest BCUT2D eigenvalue weighted by Gasteiger charge is 2.32. The SMILES string of the molecule is N#Cc1c(F)cccc1OCC1(O)CCCC1. The highest BCUT2D eigenvalue weighted by Crippen LogP contribution is 2.31. The van der Waals surface area contributed by atoms with Gasteiger partial charge in [-0.05, 0) is 25.0 Å². The second kappa shape index (κ2) is 4.72. The van der Waals surface area contributed by atoms with Gasteiger partial charge in [0.2, 0.25) is 0 Å². The van der Waals surface area contributed by atoms with Gasteiger partial charge < -0.3 is 9.84 Å². The molecule has 0 aliphatic heterocycles. The summed E-state index contributed by atoms with van der Waals surface area (Å²) in [6, 6.07) is 6.02. The maximum absolute atomic E-state index is 13.3. The van der Waals surface area contributed by atoms with Crippen molar-refractivity contribution in [3.63, 3.8) is 0 Å². The second-order valence-electron chi connectivity index (χ2n) is 4.44. The predicted molar refractivity (Wildman–Crippen MR) is 60.0 cm³/mol. The average Bonchev–Trinajstić information content (AvgIpc) is 2.74. The molecule has 0 heterocycles. The lowest BCUT2D eigenvalue weighted by Gasteiger charge is -2.22. The number of halogens is 1. The van der Waals surface area contributed by atoms with Gasteiger partial charge in [-0.2, -0.15) is 5.26 Å². The van der Waals surface area contributed by atoms with Crippen LogP contribution in [0.2, 0.25) is 0 Å². The van der Waals surface area contributed by atoms with Gasteiger partial charge in [0.05, 0.1) is 5.60 Å². The topological polar surface area (TPSA) is 53.2 Å². The summed E-state index contributed by atoms with van der Waals surface area (Å²) in [4.78, 5) is 0. The maximum Gasteiger partial charge on any atom is 0.144 e. The highest BCUT2D eigenvalue weighted by molar-refractivity contribution is 5.43. The summed E-state index contributed by atoms with van der Waals surface area (Å²) < 4.78 is 18.7. The molecule has 1 aromatic carbocycles. The Morgan fingerprint density at radius 3 is 2.76 bits per heavy atom. The lowest BCUT2D eigenvalue weighted by Crippen LogP contribution is -2.32. The normalized spacial score (nSPS) is 17.7. The van der Waals surface area contributed by atoms with Gasteiger partial charge in [-0.15, -0.1) is 0 Å². The van der Waals surface area contributed by atoms with Crippen molar-refractivity contribution in [2.45, 2.75) is 31.3 Å². The van der Waals surface area contributed by atoms with Gasteiger partial charge in [-0.25, -0.2) is 4.39 Å². The fraction of sp³-hybridized carbons (Fsp3) is 0.462. The van der Waals surface area contributed by atoms with E-state index in [9.17, 15) is 9.50 Å². The fourth-order valence-corrected chi connectivity index (χ4v) is 2.12. The molecule has 1 aliphatic carbocycles. The number of aliphatic hydroxyl groups is 1. The molecule has 1 fully saturated rings. The van der Waals surface area contributed by atoms with Gasteiger partial charge in [0.15, 0.2) is 0 Å². The molecule has 90 valence electrons. The average molecular weight is 235 g/mol. The zero-order valence-corrected chi connectivity index (χ0v) is 9.45. The van der Waals surface area contributed by atoms with E-state index in [1.54, 1.807) is 12.1 Å². The summed E-state index contributed by atoms with van der Waals surface area (Å²) in [5.41, 5.74) is -0.923. The Bertz CT molecular complexity index is 447. The molecule has 17 heavy (non-hydrogen) atoms. The number of ether oxygens (including phenoxy) is 1. The summed E-state index contributed by atoms with van der Waals surface area (Å²) in [6.07, 6.45) is 3.36. The van der Waals surface area contributed by atoms with Gasteiger partial charge in [0.1, 0.15) is 29.8 Å². The van der Waals surface area contributed by atoms with Crippen LogP contribution >= 0.6 is 0 Å². The molecule has 0 atom stereocenters. The molecule has 4 heteroatoms. The molecule has 1 aromatic rings. The van der Waals surface area contributed by atoms with E-state index in [0.717, 1.165) is 12.8 Å². The summed E-state index contributed by atoms with van der Waals surface area (Å²) >= 11 is 0. The van der Waals surface area contributed by atoms with E-state index < -0.39 is 11.4 Å². The van der Waals surface area contributed by atoms with Crippen molar-refractivity contribution >= 4 is 0 Å². The van der Waals surface area contributed by atoms with Crippen molar-refractivity contribution in [1.82, 2.24) is 0 Å². The van der Waals surface area contributed by atoms with Gasteiger partial charge in [-0.1, -0.05) is 18.9 Å².